The maximum Gasteiger partial charge on any atom is 0.321 e. The lowest BCUT2D eigenvalue weighted by Gasteiger charge is -2.34. The van der Waals surface area contributed by atoms with Crippen molar-refractivity contribution in [1.82, 2.24) is 14.8 Å². The quantitative estimate of drug-likeness (QED) is 0.902. The molecule has 5 nitrogen and oxygen atoms in total. The van der Waals surface area contributed by atoms with Crippen LogP contribution in [0.1, 0.15) is 5.69 Å². The first-order valence-corrected chi connectivity index (χ1v) is 8.50. The van der Waals surface area contributed by atoms with E-state index in [2.05, 4.69) is 15.2 Å². The number of halogens is 2. The largest absolute Gasteiger partial charge is 0.322 e. The summed E-state index contributed by atoms with van der Waals surface area (Å²) in [5.74, 6) is 0. The smallest absolute Gasteiger partial charge is 0.321 e. The molecule has 126 valence electrons. The number of benzene rings is 1. The third-order valence-electron chi connectivity index (χ3n) is 3.94. The lowest BCUT2D eigenvalue weighted by atomic mass is 10.2. The highest BCUT2D eigenvalue weighted by Crippen LogP contribution is 2.25. The van der Waals surface area contributed by atoms with Gasteiger partial charge in [-0.1, -0.05) is 29.3 Å². The van der Waals surface area contributed by atoms with Gasteiger partial charge < -0.3 is 10.2 Å². The van der Waals surface area contributed by atoms with E-state index >= 15 is 0 Å². The maximum atomic E-state index is 12.4. The molecule has 1 saturated heterocycles. The molecule has 2 amide bonds. The summed E-state index contributed by atoms with van der Waals surface area (Å²) < 4.78 is 0. The highest BCUT2D eigenvalue weighted by Gasteiger charge is 2.21. The van der Waals surface area contributed by atoms with Gasteiger partial charge in [-0.15, -0.1) is 0 Å². The summed E-state index contributed by atoms with van der Waals surface area (Å²) in [5.41, 5.74) is 1.58. The van der Waals surface area contributed by atoms with E-state index < -0.39 is 0 Å². The summed E-state index contributed by atoms with van der Waals surface area (Å²) in [6.45, 7) is 3.75. The van der Waals surface area contributed by atoms with Crippen molar-refractivity contribution in [2.24, 2.45) is 0 Å². The van der Waals surface area contributed by atoms with Crippen molar-refractivity contribution in [2.45, 2.75) is 6.54 Å². The SMILES string of the molecule is O=C(Nc1cc(Cl)ccc1Cl)N1CCN(Cc2ccccn2)CC1. The van der Waals surface area contributed by atoms with Gasteiger partial charge >= 0.3 is 6.03 Å². The van der Waals surface area contributed by atoms with Crippen LogP contribution in [0, 0.1) is 0 Å². The highest BCUT2D eigenvalue weighted by atomic mass is 35.5. The van der Waals surface area contributed by atoms with Crippen LogP contribution >= 0.6 is 23.2 Å². The predicted octanol–water partition coefficient (Wildman–Crippen LogP) is 3.74. The number of hydrogen-bond acceptors (Lipinski definition) is 3. The summed E-state index contributed by atoms with van der Waals surface area (Å²) in [6.07, 6.45) is 1.80. The molecule has 0 radical (unpaired) electrons. The molecule has 7 heteroatoms. The van der Waals surface area contributed by atoms with Gasteiger partial charge in [0, 0.05) is 43.9 Å². The fourth-order valence-electron chi connectivity index (χ4n) is 2.62. The van der Waals surface area contributed by atoms with Crippen molar-refractivity contribution in [3.05, 3.63) is 58.3 Å². The van der Waals surface area contributed by atoms with Crippen LogP contribution in [0.15, 0.2) is 42.6 Å². The maximum absolute atomic E-state index is 12.4. The average Bonchev–Trinajstić information content (AvgIpc) is 2.60. The number of piperazine rings is 1. The second-order valence-corrected chi connectivity index (χ2v) is 6.48. The molecular formula is C17H18Cl2N4O. The van der Waals surface area contributed by atoms with Crippen molar-refractivity contribution in [3.8, 4) is 0 Å². The second-order valence-electron chi connectivity index (χ2n) is 5.64. The van der Waals surface area contributed by atoms with E-state index in [0.717, 1.165) is 25.3 Å². The fourth-order valence-corrected chi connectivity index (χ4v) is 2.95. The number of pyridine rings is 1. The number of nitrogens with one attached hydrogen (secondary N) is 1. The van der Waals surface area contributed by atoms with Crippen molar-refractivity contribution < 1.29 is 4.79 Å². The van der Waals surface area contributed by atoms with E-state index in [-0.39, 0.29) is 6.03 Å². The zero-order valence-corrected chi connectivity index (χ0v) is 14.6. The molecule has 0 saturated carbocycles. The zero-order valence-electron chi connectivity index (χ0n) is 13.1. The van der Waals surface area contributed by atoms with Crippen LogP contribution in [-0.2, 0) is 6.54 Å². The number of hydrogen-bond donors (Lipinski definition) is 1. The molecule has 1 aliphatic rings. The van der Waals surface area contributed by atoms with Crippen LogP contribution in [0.3, 0.4) is 0 Å². The Balaban J connectivity index is 1.52. The van der Waals surface area contributed by atoms with Crippen molar-refractivity contribution >= 4 is 34.9 Å². The van der Waals surface area contributed by atoms with Crippen molar-refractivity contribution in [1.29, 1.82) is 0 Å². The molecule has 0 atom stereocenters. The Hall–Kier alpha value is -1.82. The highest BCUT2D eigenvalue weighted by molar-refractivity contribution is 6.35. The molecule has 3 rings (SSSR count). The number of aromatic nitrogens is 1. The van der Waals surface area contributed by atoms with Gasteiger partial charge in [-0.2, -0.15) is 0 Å². The average molecular weight is 365 g/mol. The van der Waals surface area contributed by atoms with Gasteiger partial charge in [0.2, 0.25) is 0 Å². The molecule has 1 fully saturated rings. The third-order valence-corrected chi connectivity index (χ3v) is 4.51. The van der Waals surface area contributed by atoms with E-state index in [1.807, 2.05) is 18.2 Å². The van der Waals surface area contributed by atoms with Gasteiger partial charge in [-0.3, -0.25) is 9.88 Å². The van der Waals surface area contributed by atoms with Gasteiger partial charge in [0.1, 0.15) is 0 Å². The van der Waals surface area contributed by atoms with Crippen LogP contribution in [0.2, 0.25) is 10.0 Å². The second kappa shape index (κ2) is 7.83. The lowest BCUT2D eigenvalue weighted by molar-refractivity contribution is 0.142. The first kappa shape index (κ1) is 17.0. The number of anilines is 1. The Bertz CT molecular complexity index is 703. The van der Waals surface area contributed by atoms with Crippen LogP contribution < -0.4 is 5.32 Å². The predicted molar refractivity (Wildman–Crippen MR) is 96.6 cm³/mol. The Labute approximate surface area is 151 Å². The molecule has 0 bridgehead atoms. The molecule has 2 heterocycles. The first-order chi connectivity index (χ1) is 11.6. The minimum Gasteiger partial charge on any atom is -0.322 e. The van der Waals surface area contributed by atoms with E-state index in [1.54, 1.807) is 29.3 Å². The van der Waals surface area contributed by atoms with Crippen molar-refractivity contribution in [2.75, 3.05) is 31.5 Å². The molecule has 0 aliphatic carbocycles. The summed E-state index contributed by atoms with van der Waals surface area (Å²) in [5, 5.41) is 3.84. The zero-order chi connectivity index (χ0) is 16.9. The van der Waals surface area contributed by atoms with Gasteiger partial charge in [0.15, 0.2) is 0 Å². The van der Waals surface area contributed by atoms with Crippen LogP contribution in [0.5, 0.6) is 0 Å². The number of amides is 2. The number of nitrogens with zero attached hydrogens (tertiary/aromatic N) is 3. The third kappa shape index (κ3) is 4.38. The summed E-state index contributed by atoms with van der Waals surface area (Å²) in [7, 11) is 0. The molecule has 0 unspecified atom stereocenters. The number of carbonyl (C=O) groups is 1. The summed E-state index contributed by atoms with van der Waals surface area (Å²) in [4.78, 5) is 20.8. The molecular weight excluding hydrogens is 347 g/mol. The molecule has 2 aromatic rings. The molecule has 1 aromatic heterocycles. The minimum absolute atomic E-state index is 0.156. The Morgan fingerprint density at radius 1 is 1.12 bits per heavy atom. The van der Waals surface area contributed by atoms with Crippen molar-refractivity contribution in [3.63, 3.8) is 0 Å². The molecule has 1 N–H and O–H groups in total. The first-order valence-electron chi connectivity index (χ1n) is 7.75. The van der Waals surface area contributed by atoms with E-state index in [0.29, 0.717) is 28.8 Å². The molecule has 1 aromatic carbocycles. The molecule has 24 heavy (non-hydrogen) atoms. The van der Waals surface area contributed by atoms with Crippen LogP contribution in [-0.4, -0.2) is 47.0 Å². The standard InChI is InChI=1S/C17H18Cl2N4O/c18-13-4-5-15(19)16(11-13)21-17(24)23-9-7-22(8-10-23)12-14-3-1-2-6-20-14/h1-6,11H,7-10,12H2,(H,21,24). The van der Waals surface area contributed by atoms with Gasteiger partial charge in [-0.25, -0.2) is 4.79 Å². The van der Waals surface area contributed by atoms with Gasteiger partial charge in [0.25, 0.3) is 0 Å². The normalized spacial score (nSPS) is 15.3. The Morgan fingerprint density at radius 3 is 2.62 bits per heavy atom. The van der Waals surface area contributed by atoms with Gasteiger partial charge in [-0.05, 0) is 30.3 Å². The van der Waals surface area contributed by atoms with Crippen LogP contribution in [0.4, 0.5) is 10.5 Å². The Kier molecular flexibility index (Phi) is 5.56. The monoisotopic (exact) mass is 364 g/mol. The number of rotatable bonds is 3. The van der Waals surface area contributed by atoms with E-state index in [1.165, 1.54) is 0 Å². The topological polar surface area (TPSA) is 48.5 Å². The minimum atomic E-state index is -0.156. The summed E-state index contributed by atoms with van der Waals surface area (Å²) >= 11 is 12.0. The van der Waals surface area contributed by atoms with E-state index in [4.69, 9.17) is 23.2 Å². The number of carbonyl (C=O) groups excluding carboxylic acids is 1. The fraction of sp³-hybridized carbons (Fsp3) is 0.294. The summed E-state index contributed by atoms with van der Waals surface area (Å²) in [6, 6.07) is 10.8. The Morgan fingerprint density at radius 2 is 1.92 bits per heavy atom. The van der Waals surface area contributed by atoms with Crippen LogP contribution in [0.25, 0.3) is 0 Å². The molecule has 0 spiro atoms. The van der Waals surface area contributed by atoms with E-state index in [9.17, 15) is 4.79 Å². The van der Waals surface area contributed by atoms with Gasteiger partial charge in [0.05, 0.1) is 16.4 Å². The lowest BCUT2D eigenvalue weighted by Crippen LogP contribution is -2.49. The molecule has 1 aliphatic heterocycles. The number of urea groups is 1.